The van der Waals surface area contributed by atoms with Gasteiger partial charge in [-0.1, -0.05) is 0 Å². The maximum atomic E-state index is 13.3. The Morgan fingerprint density at radius 1 is 1.38 bits per heavy atom. The highest BCUT2D eigenvalue weighted by atomic mass is 32.2. The van der Waals surface area contributed by atoms with Gasteiger partial charge in [0.1, 0.15) is 5.69 Å². The molecule has 29 heavy (non-hydrogen) atoms. The number of pyridine rings is 1. The van der Waals surface area contributed by atoms with Crippen LogP contribution in [0.2, 0.25) is 0 Å². The number of rotatable bonds is 3. The zero-order chi connectivity index (χ0) is 21.6. The maximum absolute atomic E-state index is 13.3. The van der Waals surface area contributed by atoms with Gasteiger partial charge in [-0.2, -0.15) is 18.3 Å². The number of nitrogens with two attached hydrogens (primary N) is 1. The van der Waals surface area contributed by atoms with Gasteiger partial charge in [0.15, 0.2) is 14.9 Å². The summed E-state index contributed by atoms with van der Waals surface area (Å²) in [6, 6.07) is 0.264. The van der Waals surface area contributed by atoms with Gasteiger partial charge in [0.2, 0.25) is 0 Å². The Bertz CT molecular complexity index is 1080. The van der Waals surface area contributed by atoms with Crippen molar-refractivity contribution in [2.75, 3.05) is 5.32 Å². The third-order valence-corrected chi connectivity index (χ3v) is 5.85. The van der Waals surface area contributed by atoms with Gasteiger partial charge < -0.3 is 5.32 Å². The van der Waals surface area contributed by atoms with E-state index in [1.54, 1.807) is 6.20 Å². The van der Waals surface area contributed by atoms with Crippen LogP contribution in [0.4, 0.5) is 23.7 Å². The molecule has 3 rings (SSSR count). The summed E-state index contributed by atoms with van der Waals surface area (Å²) in [5.74, 6) is 0. The highest BCUT2D eigenvalue weighted by Gasteiger charge is 2.37. The molecule has 0 saturated carbocycles. The number of carbonyl (C=O) groups excluding carboxylic acids is 1. The molecule has 2 aromatic rings. The van der Waals surface area contributed by atoms with Crippen molar-refractivity contribution in [2.45, 2.75) is 57.3 Å². The quantitative estimate of drug-likeness (QED) is 0.774. The third kappa shape index (κ3) is 4.27. The summed E-state index contributed by atoms with van der Waals surface area (Å²) in [5, 5.41) is 12.0. The number of aryl methyl sites for hydroxylation is 1. The molecule has 0 aliphatic heterocycles. The van der Waals surface area contributed by atoms with E-state index in [0.717, 1.165) is 0 Å². The van der Waals surface area contributed by atoms with Crippen LogP contribution in [0.3, 0.4) is 0 Å². The molecular weight excluding hydrogens is 409 g/mol. The van der Waals surface area contributed by atoms with Crippen molar-refractivity contribution < 1.29 is 22.2 Å². The number of hydrogen-bond acceptors (Lipinski definition) is 4. The number of alkyl halides is 3. The lowest BCUT2D eigenvalue weighted by Gasteiger charge is -2.17. The molecule has 0 spiro atoms. The fourth-order valence-electron chi connectivity index (χ4n) is 3.19. The Balaban J connectivity index is 1.97. The first-order valence-corrected chi connectivity index (χ1v) is 10.5. The summed E-state index contributed by atoms with van der Waals surface area (Å²) < 4.78 is 57.6. The summed E-state index contributed by atoms with van der Waals surface area (Å²) in [6.07, 6.45) is -1.62. The number of amides is 2. The van der Waals surface area contributed by atoms with Crippen molar-refractivity contribution in [2.24, 2.45) is 9.50 Å². The van der Waals surface area contributed by atoms with Crippen LogP contribution in [-0.2, 0) is 28.9 Å². The second-order valence-electron chi connectivity index (χ2n) is 7.05. The number of aromatic nitrogens is 3. The first-order valence-electron chi connectivity index (χ1n) is 8.90. The highest BCUT2D eigenvalue weighted by Crippen LogP contribution is 2.38. The van der Waals surface area contributed by atoms with Gasteiger partial charge in [0.25, 0.3) is 0 Å². The molecule has 1 aliphatic rings. The fraction of sp³-hybridized carbons (Fsp3) is 0.471. The minimum atomic E-state index is -4.66. The van der Waals surface area contributed by atoms with E-state index in [4.69, 9.17) is 5.14 Å². The normalized spacial score (nSPS) is 15.9. The number of carbonyl (C=O) groups is 1. The van der Waals surface area contributed by atoms with E-state index in [-0.39, 0.29) is 22.3 Å². The average molecular weight is 430 g/mol. The molecule has 158 valence electrons. The van der Waals surface area contributed by atoms with E-state index in [1.165, 1.54) is 17.7 Å². The van der Waals surface area contributed by atoms with E-state index in [0.29, 0.717) is 30.5 Å². The molecule has 2 amide bonds. The molecule has 8 nitrogen and oxygen atoms in total. The maximum Gasteiger partial charge on any atom is 0.433 e. The largest absolute Gasteiger partial charge is 0.433 e. The van der Waals surface area contributed by atoms with Crippen molar-refractivity contribution in [3.63, 3.8) is 0 Å². The first-order chi connectivity index (χ1) is 13.4. The van der Waals surface area contributed by atoms with Gasteiger partial charge in [-0.25, -0.2) is 19.1 Å². The topological polar surface area (TPSA) is 115 Å². The van der Waals surface area contributed by atoms with Crippen molar-refractivity contribution in [3.05, 3.63) is 34.8 Å². The summed E-state index contributed by atoms with van der Waals surface area (Å²) >= 11 is 0. The van der Waals surface area contributed by atoms with E-state index in [2.05, 4.69) is 19.8 Å². The number of hydrogen-bond donors (Lipinski definition) is 2. The van der Waals surface area contributed by atoms with Gasteiger partial charge >= 0.3 is 12.2 Å². The molecule has 12 heteroatoms. The Hall–Kier alpha value is -2.47. The standard InChI is InChI=1S/C17H21F3N6O2S/c1-9(2)26-8-7-13(24-26)29(21,28)25-16(27)23-14-10(3)15(17(18,19)20)22-12-6-4-5-11(12)14/h7-9H,4-6H2,1-3H3,(H3,21,22,23,25,27,28). The Labute approximate surface area is 166 Å². The number of anilines is 1. The van der Waals surface area contributed by atoms with Gasteiger partial charge in [-0.15, -0.1) is 4.36 Å². The monoisotopic (exact) mass is 430 g/mol. The molecule has 2 heterocycles. The number of nitrogens with one attached hydrogen (secondary N) is 1. The Morgan fingerprint density at radius 3 is 2.66 bits per heavy atom. The molecule has 1 unspecified atom stereocenters. The van der Waals surface area contributed by atoms with Crippen LogP contribution >= 0.6 is 0 Å². The summed E-state index contributed by atoms with van der Waals surface area (Å²) in [7, 11) is -3.66. The predicted octanol–water partition coefficient (Wildman–Crippen LogP) is 3.61. The fourth-order valence-corrected chi connectivity index (χ4v) is 4.05. The van der Waals surface area contributed by atoms with E-state index >= 15 is 0 Å². The van der Waals surface area contributed by atoms with Crippen molar-refractivity contribution in [1.82, 2.24) is 14.8 Å². The summed E-state index contributed by atoms with van der Waals surface area (Å²) in [6.45, 7) is 4.93. The van der Waals surface area contributed by atoms with Crippen LogP contribution in [0.25, 0.3) is 0 Å². The second kappa shape index (κ2) is 7.41. The lowest BCUT2D eigenvalue weighted by Crippen LogP contribution is -2.21. The molecule has 2 aromatic heterocycles. The van der Waals surface area contributed by atoms with Crippen LogP contribution in [0.1, 0.15) is 48.8 Å². The molecule has 1 atom stereocenters. The number of fused-ring (bicyclic) bond motifs is 1. The van der Waals surface area contributed by atoms with Crippen LogP contribution < -0.4 is 10.5 Å². The van der Waals surface area contributed by atoms with Gasteiger partial charge in [-0.3, -0.25) is 4.68 Å². The predicted molar refractivity (Wildman–Crippen MR) is 101 cm³/mol. The molecule has 0 saturated heterocycles. The number of halogens is 3. The Kier molecular flexibility index (Phi) is 5.43. The molecule has 0 bridgehead atoms. The summed E-state index contributed by atoms with van der Waals surface area (Å²) in [4.78, 5) is 16.1. The highest BCUT2D eigenvalue weighted by molar-refractivity contribution is 7.91. The lowest BCUT2D eigenvalue weighted by atomic mass is 10.1. The first kappa shape index (κ1) is 21.2. The number of nitrogens with zero attached hydrogens (tertiary/aromatic N) is 4. The molecule has 3 N–H and O–H groups in total. The van der Waals surface area contributed by atoms with Crippen molar-refractivity contribution in [3.8, 4) is 0 Å². The van der Waals surface area contributed by atoms with E-state index in [1.807, 2.05) is 13.8 Å². The Morgan fingerprint density at radius 2 is 2.07 bits per heavy atom. The zero-order valence-electron chi connectivity index (χ0n) is 16.1. The van der Waals surface area contributed by atoms with Crippen LogP contribution in [0.5, 0.6) is 0 Å². The minimum Gasteiger partial charge on any atom is -0.305 e. The smallest absolute Gasteiger partial charge is 0.305 e. The number of urea groups is 1. The van der Waals surface area contributed by atoms with Crippen LogP contribution in [0, 0.1) is 6.92 Å². The van der Waals surface area contributed by atoms with Crippen molar-refractivity contribution in [1.29, 1.82) is 0 Å². The average Bonchev–Trinajstić information content (AvgIpc) is 3.24. The van der Waals surface area contributed by atoms with Gasteiger partial charge in [-0.05, 0) is 51.7 Å². The molecule has 0 aromatic carbocycles. The van der Waals surface area contributed by atoms with E-state index < -0.39 is 27.8 Å². The van der Waals surface area contributed by atoms with Gasteiger partial charge in [0.05, 0.1) is 5.69 Å². The molecular formula is C17H21F3N6O2S. The third-order valence-electron chi connectivity index (χ3n) is 4.60. The minimum absolute atomic E-state index is 0.00325. The van der Waals surface area contributed by atoms with E-state index in [9.17, 15) is 22.2 Å². The SMILES string of the molecule is Cc1c(C(F)(F)F)nc2c(c1NC(=O)N=S(N)(=O)c1ccn(C(C)C)n1)CCC2. The van der Waals surface area contributed by atoms with Gasteiger partial charge in [0, 0.05) is 23.5 Å². The van der Waals surface area contributed by atoms with Crippen molar-refractivity contribution >= 4 is 21.6 Å². The summed E-state index contributed by atoms with van der Waals surface area (Å²) in [5.41, 5.74) is -0.447. The van der Waals surface area contributed by atoms with Crippen LogP contribution in [-0.4, -0.2) is 25.0 Å². The zero-order valence-corrected chi connectivity index (χ0v) is 16.9. The molecule has 1 aliphatic carbocycles. The molecule has 0 fully saturated rings. The second-order valence-corrected chi connectivity index (χ2v) is 8.79. The molecule has 0 radical (unpaired) electrons. The van der Waals surface area contributed by atoms with Crippen LogP contribution in [0.15, 0.2) is 21.7 Å². The lowest BCUT2D eigenvalue weighted by molar-refractivity contribution is -0.141.